The molecule has 5 rings (SSSR count). The molecule has 1 heterocycles. The summed E-state index contributed by atoms with van der Waals surface area (Å²) in [6, 6.07) is 28.4. The normalized spacial score (nSPS) is 11.9. The van der Waals surface area contributed by atoms with Crippen LogP contribution in [-0.2, 0) is 9.59 Å². The van der Waals surface area contributed by atoms with E-state index in [0.29, 0.717) is 36.8 Å². The number of nitrogens with one attached hydrogen (secondary N) is 1. The van der Waals surface area contributed by atoms with Crippen molar-refractivity contribution < 1.29 is 28.9 Å². The summed E-state index contributed by atoms with van der Waals surface area (Å²) in [6.07, 6.45) is 13.7. The lowest BCUT2D eigenvalue weighted by Gasteiger charge is -2.33. The quantitative estimate of drug-likeness (QED) is 0.0382. The van der Waals surface area contributed by atoms with Gasteiger partial charge in [0.25, 0.3) is 5.91 Å². The Hall–Kier alpha value is -5.75. The first-order valence-corrected chi connectivity index (χ1v) is 20.7. The second kappa shape index (κ2) is 22.1. The third-order valence-electron chi connectivity index (χ3n) is 9.99. The van der Waals surface area contributed by atoms with Gasteiger partial charge in [-0.05, 0) is 110 Å². The van der Waals surface area contributed by atoms with Gasteiger partial charge >= 0.3 is 5.97 Å². The van der Waals surface area contributed by atoms with Crippen LogP contribution in [0.25, 0.3) is 17.2 Å². The summed E-state index contributed by atoms with van der Waals surface area (Å²) in [7, 11) is 0. The molecule has 0 saturated carbocycles. The van der Waals surface area contributed by atoms with Crippen molar-refractivity contribution in [2.24, 2.45) is 0 Å². The maximum absolute atomic E-state index is 13.1. The van der Waals surface area contributed by atoms with E-state index in [4.69, 9.17) is 19.3 Å². The maximum Gasteiger partial charge on any atom is 0.303 e. The molecule has 0 radical (unpaired) electrons. The van der Waals surface area contributed by atoms with Crippen molar-refractivity contribution in [2.45, 2.75) is 104 Å². The Morgan fingerprint density at radius 1 is 0.772 bits per heavy atom. The molecule has 0 bridgehead atoms. The van der Waals surface area contributed by atoms with Crippen LogP contribution < -0.4 is 24.4 Å². The third kappa shape index (κ3) is 12.4. The minimum atomic E-state index is -0.733. The van der Waals surface area contributed by atoms with E-state index in [1.165, 1.54) is 0 Å². The topological polar surface area (TPSA) is 121 Å². The van der Waals surface area contributed by atoms with Crippen LogP contribution in [0.15, 0.2) is 84.4 Å². The zero-order valence-corrected chi connectivity index (χ0v) is 33.8. The molecule has 1 amide bonds. The molecule has 0 atom stereocenters. The van der Waals surface area contributed by atoms with E-state index in [-0.39, 0.29) is 12.0 Å². The SMILES string of the molecule is CCCCOc1ccc(N2c3ccc(/C=C(\C#N)C(=O)NCCCCCCCCCCC(=O)O)cc3Oc3cc(-c4ccc(C)cc4OCCCC)ccc32)cc1. The molecular weight excluding hydrogens is 715 g/mol. The van der Waals surface area contributed by atoms with Crippen LogP contribution in [0.4, 0.5) is 17.1 Å². The molecule has 2 N–H and O–H groups in total. The number of benzene rings is 4. The number of fused-ring (bicyclic) bond motifs is 2. The number of carboxylic acids is 1. The van der Waals surface area contributed by atoms with Crippen LogP contribution in [-0.4, -0.2) is 36.7 Å². The van der Waals surface area contributed by atoms with Crippen molar-refractivity contribution in [3.8, 4) is 40.2 Å². The molecule has 4 aromatic carbocycles. The zero-order valence-electron chi connectivity index (χ0n) is 33.8. The van der Waals surface area contributed by atoms with Crippen LogP contribution in [0, 0.1) is 18.3 Å². The predicted molar refractivity (Wildman–Crippen MR) is 228 cm³/mol. The molecule has 9 heteroatoms. The summed E-state index contributed by atoms with van der Waals surface area (Å²) in [5.74, 6) is 1.79. The monoisotopic (exact) mass is 771 g/mol. The fraction of sp³-hybridized carbons (Fsp3) is 0.396. The Kier molecular flexibility index (Phi) is 16.4. The fourth-order valence-corrected chi connectivity index (χ4v) is 6.78. The van der Waals surface area contributed by atoms with Crippen molar-refractivity contribution in [3.05, 3.63) is 95.6 Å². The van der Waals surface area contributed by atoms with Gasteiger partial charge in [0.15, 0.2) is 11.5 Å². The van der Waals surface area contributed by atoms with Crippen LogP contribution in [0.2, 0.25) is 0 Å². The molecule has 0 fully saturated rings. The molecule has 0 unspecified atom stereocenters. The van der Waals surface area contributed by atoms with E-state index in [1.807, 2.05) is 48.5 Å². The van der Waals surface area contributed by atoms with E-state index in [0.717, 1.165) is 122 Å². The molecule has 9 nitrogen and oxygen atoms in total. The summed E-state index contributed by atoms with van der Waals surface area (Å²) >= 11 is 0. The summed E-state index contributed by atoms with van der Waals surface area (Å²) in [5, 5.41) is 21.6. The predicted octanol–water partition coefficient (Wildman–Crippen LogP) is 12.2. The van der Waals surface area contributed by atoms with Gasteiger partial charge in [-0.1, -0.05) is 89.5 Å². The molecule has 0 spiro atoms. The highest BCUT2D eigenvalue weighted by Gasteiger charge is 2.27. The Bertz CT molecular complexity index is 2020. The van der Waals surface area contributed by atoms with Crippen molar-refractivity contribution in [3.63, 3.8) is 0 Å². The smallest absolute Gasteiger partial charge is 0.303 e. The molecular formula is C48H57N3O6. The summed E-state index contributed by atoms with van der Waals surface area (Å²) in [4.78, 5) is 25.9. The van der Waals surface area contributed by atoms with Gasteiger partial charge < -0.3 is 29.5 Å². The van der Waals surface area contributed by atoms with Gasteiger partial charge in [0.2, 0.25) is 0 Å². The average molecular weight is 772 g/mol. The first kappa shape index (κ1) is 42.4. The van der Waals surface area contributed by atoms with Gasteiger partial charge in [0, 0.05) is 24.2 Å². The lowest BCUT2D eigenvalue weighted by molar-refractivity contribution is -0.137. The number of carbonyl (C=O) groups is 2. The molecule has 1 aliphatic rings. The molecule has 1 aliphatic heterocycles. The number of nitriles is 1. The van der Waals surface area contributed by atoms with Gasteiger partial charge in [0.05, 0.1) is 24.6 Å². The Morgan fingerprint density at radius 2 is 1.42 bits per heavy atom. The molecule has 0 aliphatic carbocycles. The second-order valence-corrected chi connectivity index (χ2v) is 14.6. The summed E-state index contributed by atoms with van der Waals surface area (Å²) < 4.78 is 18.9. The van der Waals surface area contributed by atoms with E-state index < -0.39 is 11.9 Å². The Balaban J connectivity index is 1.34. The van der Waals surface area contributed by atoms with Crippen LogP contribution in [0.1, 0.15) is 108 Å². The molecule has 57 heavy (non-hydrogen) atoms. The first-order valence-electron chi connectivity index (χ1n) is 20.7. The number of aryl methyl sites for hydroxylation is 1. The zero-order chi connectivity index (χ0) is 40.4. The van der Waals surface area contributed by atoms with Crippen LogP contribution in [0.3, 0.4) is 0 Å². The number of amides is 1. The van der Waals surface area contributed by atoms with Crippen molar-refractivity contribution in [1.29, 1.82) is 5.26 Å². The number of hydrogen-bond donors (Lipinski definition) is 2. The van der Waals surface area contributed by atoms with Gasteiger partial charge in [-0.2, -0.15) is 5.26 Å². The maximum atomic E-state index is 13.1. The molecule has 4 aromatic rings. The number of ether oxygens (including phenoxy) is 3. The van der Waals surface area contributed by atoms with Gasteiger partial charge in [-0.25, -0.2) is 0 Å². The first-order chi connectivity index (χ1) is 27.8. The van der Waals surface area contributed by atoms with E-state index in [2.05, 4.69) is 67.4 Å². The number of rotatable bonds is 23. The lowest BCUT2D eigenvalue weighted by atomic mass is 10.0. The van der Waals surface area contributed by atoms with Gasteiger partial charge in [-0.3, -0.25) is 9.59 Å². The number of unbranched alkanes of at least 4 members (excludes halogenated alkanes) is 9. The minimum Gasteiger partial charge on any atom is -0.494 e. The van der Waals surface area contributed by atoms with Crippen molar-refractivity contribution in [2.75, 3.05) is 24.7 Å². The van der Waals surface area contributed by atoms with E-state index in [1.54, 1.807) is 6.08 Å². The Morgan fingerprint density at radius 3 is 2.11 bits per heavy atom. The molecule has 0 aromatic heterocycles. The van der Waals surface area contributed by atoms with Crippen molar-refractivity contribution in [1.82, 2.24) is 5.32 Å². The fourth-order valence-electron chi connectivity index (χ4n) is 6.78. The van der Waals surface area contributed by atoms with Crippen LogP contribution in [0.5, 0.6) is 23.0 Å². The minimum absolute atomic E-state index is 0.0281. The number of nitrogens with zero attached hydrogens (tertiary/aromatic N) is 2. The highest BCUT2D eigenvalue weighted by atomic mass is 16.5. The number of anilines is 3. The van der Waals surface area contributed by atoms with Crippen LogP contribution >= 0.6 is 0 Å². The summed E-state index contributed by atoms with van der Waals surface area (Å²) in [6.45, 7) is 8.17. The average Bonchev–Trinajstić information content (AvgIpc) is 3.21. The lowest BCUT2D eigenvalue weighted by Crippen LogP contribution is -2.25. The highest BCUT2D eigenvalue weighted by Crippen LogP contribution is 2.52. The second-order valence-electron chi connectivity index (χ2n) is 14.6. The number of carbonyl (C=O) groups excluding carboxylic acids is 1. The number of carboxylic acid groups (broad SMARTS) is 1. The van der Waals surface area contributed by atoms with E-state index in [9.17, 15) is 14.9 Å². The van der Waals surface area contributed by atoms with E-state index >= 15 is 0 Å². The largest absolute Gasteiger partial charge is 0.494 e. The Labute approximate surface area is 338 Å². The third-order valence-corrected chi connectivity index (χ3v) is 9.99. The number of aliphatic carboxylic acids is 1. The molecule has 300 valence electrons. The standard InChI is InChI=1S/C48H57N3O6/c1-4-6-28-55-40-22-20-39(21-23-40)51-42-25-18-36(31-38(34-49)48(54)50-27-15-13-11-9-8-10-12-14-16-47(52)53)32-45(42)57-46-33-37(19-26-43(46)51)41-24-17-35(3)30-44(41)56-29-7-5-2/h17-26,30-33H,4-16,27-29H2,1-3H3,(H,50,54)(H,52,53)/b38-31+. The van der Waals surface area contributed by atoms with Gasteiger partial charge in [0.1, 0.15) is 23.1 Å². The highest BCUT2D eigenvalue weighted by molar-refractivity contribution is 6.02. The van der Waals surface area contributed by atoms with Gasteiger partial charge in [-0.15, -0.1) is 0 Å². The van der Waals surface area contributed by atoms with Crippen molar-refractivity contribution >= 4 is 35.0 Å². The molecule has 0 saturated heterocycles. The number of hydrogen-bond acceptors (Lipinski definition) is 7. The summed E-state index contributed by atoms with van der Waals surface area (Å²) in [5.41, 5.74) is 6.43.